The molecule has 0 bridgehead atoms. The predicted octanol–water partition coefficient (Wildman–Crippen LogP) is 5.33. The van der Waals surface area contributed by atoms with E-state index in [1.54, 1.807) is 0 Å². The molecule has 2 aromatic heterocycles. The molecule has 0 amide bonds. The standard InChI is InChI=1S/C19H22N2S/c1-3-5-8-15-11-12-16(22-15)13-14-21-19-10-7-6-9-17(19)18(4-2)20-21/h5-12H,3-4,13-14H2,1-2H3/b8-5-. The highest BCUT2D eigenvalue weighted by Crippen LogP contribution is 2.22. The van der Waals surface area contributed by atoms with Crippen LogP contribution in [0.5, 0.6) is 0 Å². The third-order valence-electron chi connectivity index (χ3n) is 3.84. The van der Waals surface area contributed by atoms with Crippen molar-refractivity contribution < 1.29 is 0 Å². The molecule has 2 nitrogen and oxygen atoms in total. The Morgan fingerprint density at radius 3 is 2.82 bits per heavy atom. The van der Waals surface area contributed by atoms with E-state index >= 15 is 0 Å². The average molecular weight is 310 g/mol. The average Bonchev–Trinajstić information content (AvgIpc) is 3.15. The molecule has 0 saturated heterocycles. The lowest BCUT2D eigenvalue weighted by Gasteiger charge is -2.01. The van der Waals surface area contributed by atoms with Crippen molar-refractivity contribution >= 4 is 28.3 Å². The number of allylic oxidation sites excluding steroid dienone is 1. The van der Waals surface area contributed by atoms with Crippen molar-refractivity contribution in [3.05, 3.63) is 57.9 Å². The van der Waals surface area contributed by atoms with E-state index in [1.807, 2.05) is 11.3 Å². The summed E-state index contributed by atoms with van der Waals surface area (Å²) in [7, 11) is 0. The van der Waals surface area contributed by atoms with Crippen LogP contribution < -0.4 is 0 Å². The van der Waals surface area contributed by atoms with E-state index in [1.165, 1.54) is 26.4 Å². The van der Waals surface area contributed by atoms with Gasteiger partial charge in [-0.1, -0.05) is 38.1 Å². The fraction of sp³-hybridized carbons (Fsp3) is 0.316. The van der Waals surface area contributed by atoms with E-state index in [4.69, 9.17) is 5.10 Å². The monoisotopic (exact) mass is 310 g/mol. The number of para-hydroxylation sites is 1. The number of aryl methyl sites for hydroxylation is 3. The molecule has 0 unspecified atom stereocenters. The van der Waals surface area contributed by atoms with Crippen molar-refractivity contribution in [2.24, 2.45) is 0 Å². The van der Waals surface area contributed by atoms with Crippen LogP contribution in [0.15, 0.2) is 42.5 Å². The molecule has 114 valence electrons. The lowest BCUT2D eigenvalue weighted by Crippen LogP contribution is -2.02. The maximum Gasteiger partial charge on any atom is 0.0700 e. The molecule has 0 atom stereocenters. The van der Waals surface area contributed by atoms with Gasteiger partial charge in [-0.05, 0) is 37.1 Å². The molecule has 3 rings (SSSR count). The molecule has 0 fully saturated rings. The van der Waals surface area contributed by atoms with Gasteiger partial charge in [-0.3, -0.25) is 4.68 Å². The van der Waals surface area contributed by atoms with Crippen molar-refractivity contribution in [1.82, 2.24) is 9.78 Å². The van der Waals surface area contributed by atoms with E-state index in [-0.39, 0.29) is 0 Å². The van der Waals surface area contributed by atoms with Crippen molar-refractivity contribution in [2.45, 2.75) is 39.7 Å². The van der Waals surface area contributed by atoms with Crippen LogP contribution in [-0.2, 0) is 19.4 Å². The summed E-state index contributed by atoms with van der Waals surface area (Å²) in [5.41, 5.74) is 2.45. The van der Waals surface area contributed by atoms with Crippen LogP contribution in [0, 0.1) is 0 Å². The van der Waals surface area contributed by atoms with Crippen molar-refractivity contribution in [3.8, 4) is 0 Å². The normalized spacial score (nSPS) is 11.7. The molecular weight excluding hydrogens is 288 g/mol. The molecule has 0 N–H and O–H groups in total. The van der Waals surface area contributed by atoms with Crippen molar-refractivity contribution in [1.29, 1.82) is 0 Å². The molecule has 0 radical (unpaired) electrons. The van der Waals surface area contributed by atoms with Gasteiger partial charge in [-0.25, -0.2) is 0 Å². The summed E-state index contributed by atoms with van der Waals surface area (Å²) in [4.78, 5) is 2.77. The summed E-state index contributed by atoms with van der Waals surface area (Å²) in [6.45, 7) is 5.28. The van der Waals surface area contributed by atoms with Gasteiger partial charge in [0.15, 0.2) is 0 Å². The molecule has 3 heteroatoms. The van der Waals surface area contributed by atoms with Gasteiger partial charge in [-0.2, -0.15) is 5.10 Å². The summed E-state index contributed by atoms with van der Waals surface area (Å²) in [5, 5.41) is 6.08. The Balaban J connectivity index is 1.76. The minimum atomic E-state index is 0.942. The van der Waals surface area contributed by atoms with Gasteiger partial charge in [0.1, 0.15) is 0 Å². The molecule has 0 spiro atoms. The van der Waals surface area contributed by atoms with E-state index in [0.717, 1.165) is 25.8 Å². The third-order valence-corrected chi connectivity index (χ3v) is 4.95. The number of hydrogen-bond acceptors (Lipinski definition) is 2. The third kappa shape index (κ3) is 3.14. The Labute approximate surface area is 136 Å². The summed E-state index contributed by atoms with van der Waals surface area (Å²) < 4.78 is 2.16. The van der Waals surface area contributed by atoms with Crippen LogP contribution in [0.1, 0.15) is 35.7 Å². The minimum absolute atomic E-state index is 0.942. The summed E-state index contributed by atoms with van der Waals surface area (Å²) in [5.74, 6) is 0. The Morgan fingerprint density at radius 2 is 2.00 bits per heavy atom. The number of thiophene rings is 1. The first-order valence-electron chi connectivity index (χ1n) is 8.01. The van der Waals surface area contributed by atoms with Crippen LogP contribution in [0.25, 0.3) is 17.0 Å². The molecule has 0 aliphatic rings. The first-order chi connectivity index (χ1) is 10.8. The van der Waals surface area contributed by atoms with Gasteiger partial charge in [0.2, 0.25) is 0 Å². The number of aromatic nitrogens is 2. The molecule has 0 saturated carbocycles. The quantitative estimate of drug-likeness (QED) is 0.602. The Kier molecular flexibility index (Phi) is 4.74. The lowest BCUT2D eigenvalue weighted by molar-refractivity contribution is 0.629. The molecule has 22 heavy (non-hydrogen) atoms. The molecule has 2 heterocycles. The number of benzene rings is 1. The SMILES string of the molecule is CC/C=C\c1ccc(CCn2nc(CC)c3ccccc32)s1. The Hall–Kier alpha value is -1.87. The highest BCUT2D eigenvalue weighted by Gasteiger charge is 2.08. The largest absolute Gasteiger partial charge is 0.264 e. The van der Waals surface area contributed by atoms with Gasteiger partial charge in [0, 0.05) is 28.1 Å². The van der Waals surface area contributed by atoms with Gasteiger partial charge < -0.3 is 0 Å². The van der Waals surface area contributed by atoms with Crippen LogP contribution in [-0.4, -0.2) is 9.78 Å². The van der Waals surface area contributed by atoms with Crippen LogP contribution in [0.4, 0.5) is 0 Å². The maximum atomic E-state index is 4.79. The second kappa shape index (κ2) is 6.93. The predicted molar refractivity (Wildman–Crippen MR) is 96.5 cm³/mol. The maximum absolute atomic E-state index is 4.79. The summed E-state index contributed by atoms with van der Waals surface area (Å²) in [6, 6.07) is 13.0. The summed E-state index contributed by atoms with van der Waals surface area (Å²) >= 11 is 1.88. The first kappa shape index (κ1) is 15.0. The van der Waals surface area contributed by atoms with Crippen LogP contribution >= 0.6 is 11.3 Å². The Bertz CT molecular complexity index is 780. The number of nitrogens with zero attached hydrogens (tertiary/aromatic N) is 2. The number of hydrogen-bond donors (Lipinski definition) is 0. The fourth-order valence-corrected chi connectivity index (χ4v) is 3.63. The number of fused-ring (bicyclic) bond motifs is 1. The first-order valence-corrected chi connectivity index (χ1v) is 8.83. The smallest absolute Gasteiger partial charge is 0.0700 e. The molecule has 3 aromatic rings. The zero-order chi connectivity index (χ0) is 15.4. The van der Waals surface area contributed by atoms with E-state index in [0.29, 0.717) is 0 Å². The molecule has 0 aliphatic heterocycles. The van der Waals surface area contributed by atoms with E-state index < -0.39 is 0 Å². The van der Waals surface area contributed by atoms with E-state index in [9.17, 15) is 0 Å². The molecular formula is C19H22N2S. The van der Waals surface area contributed by atoms with Gasteiger partial charge in [-0.15, -0.1) is 11.3 Å². The second-order valence-corrected chi connectivity index (χ2v) is 6.61. The fourth-order valence-electron chi connectivity index (χ4n) is 2.70. The Morgan fingerprint density at radius 1 is 1.14 bits per heavy atom. The van der Waals surface area contributed by atoms with Gasteiger partial charge in [0.05, 0.1) is 11.2 Å². The highest BCUT2D eigenvalue weighted by molar-refractivity contribution is 7.12. The van der Waals surface area contributed by atoms with Gasteiger partial charge in [0.25, 0.3) is 0 Å². The highest BCUT2D eigenvalue weighted by atomic mass is 32.1. The minimum Gasteiger partial charge on any atom is -0.264 e. The van der Waals surface area contributed by atoms with Gasteiger partial charge >= 0.3 is 0 Å². The van der Waals surface area contributed by atoms with Crippen LogP contribution in [0.2, 0.25) is 0 Å². The zero-order valence-corrected chi connectivity index (χ0v) is 14.1. The van der Waals surface area contributed by atoms with Crippen molar-refractivity contribution in [3.63, 3.8) is 0 Å². The lowest BCUT2D eigenvalue weighted by atomic mass is 10.2. The molecule has 0 aliphatic carbocycles. The second-order valence-electron chi connectivity index (χ2n) is 5.41. The van der Waals surface area contributed by atoms with Crippen molar-refractivity contribution in [2.75, 3.05) is 0 Å². The number of rotatable bonds is 6. The van der Waals surface area contributed by atoms with Crippen LogP contribution in [0.3, 0.4) is 0 Å². The topological polar surface area (TPSA) is 17.8 Å². The summed E-state index contributed by atoms with van der Waals surface area (Å²) in [6.07, 6.45) is 7.54. The molecule has 1 aromatic carbocycles. The van der Waals surface area contributed by atoms with E-state index in [2.05, 4.69) is 67.1 Å². The zero-order valence-electron chi connectivity index (χ0n) is 13.2.